The lowest BCUT2D eigenvalue weighted by molar-refractivity contribution is 0.830. The molecule has 0 spiro atoms. The van der Waals surface area contributed by atoms with Gasteiger partial charge in [0.1, 0.15) is 0 Å². The van der Waals surface area contributed by atoms with Crippen molar-refractivity contribution in [2.75, 3.05) is 17.2 Å². The Labute approximate surface area is 121 Å². The van der Waals surface area contributed by atoms with Gasteiger partial charge in [-0.25, -0.2) is 0 Å². The normalized spacial score (nSPS) is 13.8. The van der Waals surface area contributed by atoms with Crippen molar-refractivity contribution in [3.63, 3.8) is 0 Å². The average Bonchev–Trinajstić information content (AvgIpc) is 2.84. The maximum absolute atomic E-state index is 6.05. The zero-order valence-electron chi connectivity index (χ0n) is 12.3. The quantitative estimate of drug-likeness (QED) is 0.852. The molecule has 0 amide bonds. The first-order valence-electron chi connectivity index (χ1n) is 7.36. The zero-order valence-corrected chi connectivity index (χ0v) is 12.3. The molecule has 104 valence electrons. The molecule has 0 saturated heterocycles. The van der Waals surface area contributed by atoms with E-state index in [1.54, 1.807) is 0 Å². The number of hydrogen-bond donors (Lipinski definition) is 1. The lowest BCUT2D eigenvalue weighted by Gasteiger charge is -2.20. The third-order valence-electron chi connectivity index (χ3n) is 4.18. The number of nitrogens with zero attached hydrogens (tertiary/aromatic N) is 1. The molecule has 2 nitrogen and oxygen atoms in total. The van der Waals surface area contributed by atoms with Gasteiger partial charge >= 0.3 is 0 Å². The maximum atomic E-state index is 6.05. The van der Waals surface area contributed by atoms with Crippen molar-refractivity contribution < 1.29 is 0 Å². The highest BCUT2D eigenvalue weighted by Gasteiger charge is 2.20. The van der Waals surface area contributed by atoms with E-state index in [0.29, 0.717) is 5.92 Å². The van der Waals surface area contributed by atoms with Gasteiger partial charge in [0.2, 0.25) is 0 Å². The second kappa shape index (κ2) is 5.20. The first kappa shape index (κ1) is 13.0. The van der Waals surface area contributed by atoms with Crippen LogP contribution in [0, 0.1) is 0 Å². The largest absolute Gasteiger partial charge is 0.398 e. The molecule has 0 aliphatic carbocycles. The molecular formula is C18H22N2. The van der Waals surface area contributed by atoms with Gasteiger partial charge in [-0.15, -0.1) is 0 Å². The molecule has 0 radical (unpaired) electrons. The number of fused-ring (bicyclic) bond motifs is 1. The monoisotopic (exact) mass is 266 g/mol. The fraction of sp³-hybridized carbons (Fsp3) is 0.333. The zero-order chi connectivity index (χ0) is 14.1. The molecule has 0 unspecified atom stereocenters. The molecule has 1 aliphatic rings. The molecule has 1 aliphatic heterocycles. The molecular weight excluding hydrogens is 244 g/mol. The number of nitrogen functional groups attached to an aromatic ring is 1. The first-order chi connectivity index (χ1) is 9.65. The molecule has 20 heavy (non-hydrogen) atoms. The van der Waals surface area contributed by atoms with Gasteiger partial charge in [0.15, 0.2) is 0 Å². The average molecular weight is 266 g/mol. The van der Waals surface area contributed by atoms with Gasteiger partial charge in [-0.3, -0.25) is 0 Å². The number of hydrogen-bond acceptors (Lipinski definition) is 2. The van der Waals surface area contributed by atoms with Crippen LogP contribution in [0.3, 0.4) is 0 Å². The fourth-order valence-electron chi connectivity index (χ4n) is 2.92. The van der Waals surface area contributed by atoms with E-state index >= 15 is 0 Å². The third kappa shape index (κ3) is 2.38. The van der Waals surface area contributed by atoms with Crippen molar-refractivity contribution in [3.8, 4) is 0 Å². The summed E-state index contributed by atoms with van der Waals surface area (Å²) >= 11 is 0. The van der Waals surface area contributed by atoms with Crippen LogP contribution in [0.5, 0.6) is 0 Å². The van der Waals surface area contributed by atoms with Crippen LogP contribution in [0.4, 0.5) is 11.4 Å². The fourth-order valence-corrected chi connectivity index (χ4v) is 2.92. The van der Waals surface area contributed by atoms with Gasteiger partial charge < -0.3 is 10.6 Å². The highest BCUT2D eigenvalue weighted by molar-refractivity contribution is 5.68. The van der Waals surface area contributed by atoms with Gasteiger partial charge in [-0.05, 0) is 35.6 Å². The van der Waals surface area contributed by atoms with Gasteiger partial charge in [-0.2, -0.15) is 0 Å². The van der Waals surface area contributed by atoms with Gasteiger partial charge in [0, 0.05) is 30.0 Å². The molecule has 1 heterocycles. The van der Waals surface area contributed by atoms with Gasteiger partial charge in [-0.1, -0.05) is 44.2 Å². The van der Waals surface area contributed by atoms with Crippen molar-refractivity contribution in [3.05, 3.63) is 59.2 Å². The van der Waals surface area contributed by atoms with E-state index in [1.807, 2.05) is 12.1 Å². The molecule has 2 aromatic rings. The van der Waals surface area contributed by atoms with Crippen molar-refractivity contribution in [1.82, 2.24) is 0 Å². The van der Waals surface area contributed by atoms with Crippen LogP contribution in [0.2, 0.25) is 0 Å². The summed E-state index contributed by atoms with van der Waals surface area (Å²) < 4.78 is 0. The summed E-state index contributed by atoms with van der Waals surface area (Å²) in [5.74, 6) is 0.594. The Balaban J connectivity index is 1.79. The summed E-state index contributed by atoms with van der Waals surface area (Å²) in [7, 11) is 0. The van der Waals surface area contributed by atoms with Crippen molar-refractivity contribution in [1.29, 1.82) is 0 Å². The second-order valence-electron chi connectivity index (χ2n) is 5.91. The molecule has 0 atom stereocenters. The predicted molar refractivity (Wildman–Crippen MR) is 86.1 cm³/mol. The van der Waals surface area contributed by atoms with Crippen molar-refractivity contribution in [2.45, 2.75) is 32.7 Å². The van der Waals surface area contributed by atoms with Crippen molar-refractivity contribution in [2.24, 2.45) is 0 Å². The predicted octanol–water partition coefficient (Wildman–Crippen LogP) is 3.95. The summed E-state index contributed by atoms with van der Waals surface area (Å²) in [6.07, 6.45) is 1.06. The Morgan fingerprint density at radius 3 is 2.55 bits per heavy atom. The van der Waals surface area contributed by atoms with E-state index in [9.17, 15) is 0 Å². The first-order valence-corrected chi connectivity index (χ1v) is 7.36. The third-order valence-corrected chi connectivity index (χ3v) is 4.18. The van der Waals surface area contributed by atoms with E-state index in [-0.39, 0.29) is 0 Å². The number of nitrogens with two attached hydrogens (primary N) is 1. The Kier molecular flexibility index (Phi) is 3.39. The lowest BCUT2D eigenvalue weighted by Crippen LogP contribution is -2.19. The van der Waals surface area contributed by atoms with E-state index in [0.717, 1.165) is 25.2 Å². The number of benzene rings is 2. The van der Waals surface area contributed by atoms with Crippen LogP contribution >= 0.6 is 0 Å². The topological polar surface area (TPSA) is 29.3 Å². The Morgan fingerprint density at radius 1 is 1.10 bits per heavy atom. The summed E-state index contributed by atoms with van der Waals surface area (Å²) in [4.78, 5) is 2.43. The minimum atomic E-state index is 0.594. The number of rotatable bonds is 3. The molecule has 3 rings (SSSR count). The smallest absolute Gasteiger partial charge is 0.0429 e. The van der Waals surface area contributed by atoms with Crippen LogP contribution in [0.15, 0.2) is 42.5 Å². The van der Waals surface area contributed by atoms with Gasteiger partial charge in [0.25, 0.3) is 0 Å². The van der Waals surface area contributed by atoms with Gasteiger partial charge in [0.05, 0.1) is 0 Å². The standard InChI is InChI=1S/C18H22N2/c1-13(2)15-8-6-14(7-9-15)12-20-11-10-16-17(19)4-3-5-18(16)20/h3-9,13H,10-12,19H2,1-2H3. The Morgan fingerprint density at radius 2 is 1.85 bits per heavy atom. The van der Waals surface area contributed by atoms with Crippen LogP contribution in [-0.2, 0) is 13.0 Å². The van der Waals surface area contributed by atoms with Crippen LogP contribution in [0.1, 0.15) is 36.5 Å². The van der Waals surface area contributed by atoms with E-state index < -0.39 is 0 Å². The molecule has 2 N–H and O–H groups in total. The SMILES string of the molecule is CC(C)c1ccc(CN2CCc3c(N)cccc32)cc1. The van der Waals surface area contributed by atoms with E-state index in [4.69, 9.17) is 5.73 Å². The van der Waals surface area contributed by atoms with Crippen LogP contribution in [-0.4, -0.2) is 6.54 Å². The molecule has 0 bridgehead atoms. The van der Waals surface area contributed by atoms with E-state index in [2.05, 4.69) is 49.1 Å². The summed E-state index contributed by atoms with van der Waals surface area (Å²) in [5.41, 5.74) is 12.4. The number of anilines is 2. The molecule has 0 saturated carbocycles. The molecule has 2 aromatic carbocycles. The summed E-state index contributed by atoms with van der Waals surface area (Å²) in [6.45, 7) is 6.49. The minimum absolute atomic E-state index is 0.594. The van der Waals surface area contributed by atoms with E-state index in [1.165, 1.54) is 22.4 Å². The highest BCUT2D eigenvalue weighted by atomic mass is 15.1. The molecule has 0 fully saturated rings. The summed E-state index contributed by atoms with van der Waals surface area (Å²) in [5, 5.41) is 0. The lowest BCUT2D eigenvalue weighted by atomic mass is 10.0. The molecule has 0 aromatic heterocycles. The molecule has 2 heteroatoms. The van der Waals surface area contributed by atoms with Crippen LogP contribution in [0.25, 0.3) is 0 Å². The second-order valence-corrected chi connectivity index (χ2v) is 5.91. The highest BCUT2D eigenvalue weighted by Crippen LogP contribution is 2.33. The minimum Gasteiger partial charge on any atom is -0.398 e. The maximum Gasteiger partial charge on any atom is 0.0429 e. The summed E-state index contributed by atoms with van der Waals surface area (Å²) in [6, 6.07) is 15.2. The Bertz CT molecular complexity index is 599. The Hall–Kier alpha value is -1.96. The van der Waals surface area contributed by atoms with Crippen LogP contribution < -0.4 is 10.6 Å². The van der Waals surface area contributed by atoms with Crippen molar-refractivity contribution >= 4 is 11.4 Å².